The number of aromatic nitrogens is 1. The Morgan fingerprint density at radius 1 is 1.29 bits per heavy atom. The summed E-state index contributed by atoms with van der Waals surface area (Å²) in [6.45, 7) is 10.6. The molecule has 2 aromatic heterocycles. The molecule has 1 saturated heterocycles. The van der Waals surface area contributed by atoms with Gasteiger partial charge in [-0.3, -0.25) is 4.79 Å². The molecule has 0 spiro atoms. The Balaban J connectivity index is 1.97. The number of carbonyl (C=O) groups excluding carboxylic acids is 1. The fraction of sp³-hybridized carbons (Fsp3) is 0.471. The van der Waals surface area contributed by atoms with Crippen LogP contribution in [0.4, 0.5) is 5.69 Å². The summed E-state index contributed by atoms with van der Waals surface area (Å²) in [4.78, 5) is 16.2. The summed E-state index contributed by atoms with van der Waals surface area (Å²) in [5.41, 5.74) is 3.60. The van der Waals surface area contributed by atoms with Crippen molar-refractivity contribution >= 4 is 17.1 Å². The Morgan fingerprint density at radius 3 is 2.71 bits per heavy atom. The molecule has 0 unspecified atom stereocenters. The summed E-state index contributed by atoms with van der Waals surface area (Å²) in [6.07, 6.45) is 4.23. The van der Waals surface area contributed by atoms with Crippen molar-refractivity contribution in [3.8, 4) is 0 Å². The van der Waals surface area contributed by atoms with Crippen molar-refractivity contribution in [1.82, 2.24) is 9.30 Å². The molecule has 0 bridgehead atoms. The van der Waals surface area contributed by atoms with E-state index in [1.165, 1.54) is 16.8 Å². The number of carbonyl (C=O) groups is 1. The van der Waals surface area contributed by atoms with Crippen LogP contribution in [0.25, 0.3) is 5.52 Å². The lowest BCUT2D eigenvalue weighted by Crippen LogP contribution is -2.60. The largest absolute Gasteiger partial charge is 0.366 e. The minimum Gasteiger partial charge on any atom is -0.366 e. The van der Waals surface area contributed by atoms with E-state index >= 15 is 0 Å². The third-order valence-electron chi connectivity index (χ3n) is 4.37. The van der Waals surface area contributed by atoms with E-state index in [4.69, 9.17) is 0 Å². The summed E-state index contributed by atoms with van der Waals surface area (Å²) in [5, 5.41) is 0. The number of amides is 1. The average molecular weight is 285 g/mol. The summed E-state index contributed by atoms with van der Waals surface area (Å²) in [5.74, 6) is 0.164. The number of piperazine rings is 1. The van der Waals surface area contributed by atoms with E-state index in [1.54, 1.807) is 6.92 Å². The Hall–Kier alpha value is -1.97. The van der Waals surface area contributed by atoms with Crippen LogP contribution in [-0.2, 0) is 4.79 Å². The molecule has 1 aliphatic heterocycles. The van der Waals surface area contributed by atoms with Crippen molar-refractivity contribution in [2.24, 2.45) is 0 Å². The molecule has 0 saturated carbocycles. The lowest BCUT2D eigenvalue weighted by molar-refractivity contribution is -0.134. The molecule has 21 heavy (non-hydrogen) atoms. The lowest BCUT2D eigenvalue weighted by Gasteiger charge is -2.47. The Morgan fingerprint density at radius 2 is 2.05 bits per heavy atom. The molecular weight excluding hydrogens is 262 g/mol. The number of fused-ring (bicyclic) bond motifs is 1. The zero-order valence-corrected chi connectivity index (χ0v) is 13.3. The van der Waals surface area contributed by atoms with Crippen LogP contribution in [0.5, 0.6) is 0 Å². The van der Waals surface area contributed by atoms with Crippen LogP contribution in [0.1, 0.15) is 26.3 Å². The predicted octanol–water partition coefficient (Wildman–Crippen LogP) is 2.69. The Kier molecular flexibility index (Phi) is 3.19. The monoisotopic (exact) mass is 285 g/mol. The molecule has 0 aromatic carbocycles. The maximum atomic E-state index is 11.8. The van der Waals surface area contributed by atoms with Gasteiger partial charge < -0.3 is 14.2 Å². The molecule has 0 N–H and O–H groups in total. The van der Waals surface area contributed by atoms with E-state index in [0.29, 0.717) is 0 Å². The zero-order chi connectivity index (χ0) is 15.2. The number of hydrogen-bond donors (Lipinski definition) is 0. The first kappa shape index (κ1) is 14.0. The maximum absolute atomic E-state index is 11.8. The van der Waals surface area contributed by atoms with Gasteiger partial charge in [0.2, 0.25) is 5.91 Å². The molecule has 1 amide bonds. The van der Waals surface area contributed by atoms with Gasteiger partial charge in [0.15, 0.2) is 0 Å². The van der Waals surface area contributed by atoms with Gasteiger partial charge in [-0.15, -0.1) is 0 Å². The van der Waals surface area contributed by atoms with E-state index in [9.17, 15) is 4.79 Å². The minimum absolute atomic E-state index is 0.141. The van der Waals surface area contributed by atoms with Gasteiger partial charge in [-0.1, -0.05) is 0 Å². The van der Waals surface area contributed by atoms with Crippen LogP contribution in [0.15, 0.2) is 30.6 Å². The normalized spacial score (nSPS) is 18.3. The molecule has 4 heteroatoms. The van der Waals surface area contributed by atoms with E-state index in [-0.39, 0.29) is 11.4 Å². The second-order valence-electron chi connectivity index (χ2n) is 6.61. The van der Waals surface area contributed by atoms with Gasteiger partial charge in [0.05, 0.1) is 16.7 Å². The van der Waals surface area contributed by atoms with Crippen molar-refractivity contribution < 1.29 is 4.79 Å². The van der Waals surface area contributed by atoms with Crippen LogP contribution >= 0.6 is 0 Å². The molecule has 4 nitrogen and oxygen atoms in total. The highest BCUT2D eigenvalue weighted by Crippen LogP contribution is 2.29. The van der Waals surface area contributed by atoms with Gasteiger partial charge in [-0.05, 0) is 44.5 Å². The van der Waals surface area contributed by atoms with Crippen molar-refractivity contribution in [3.63, 3.8) is 0 Å². The Bertz CT molecular complexity index is 686. The summed E-state index contributed by atoms with van der Waals surface area (Å²) in [6, 6.07) is 6.48. The highest BCUT2D eigenvalue weighted by molar-refractivity contribution is 5.77. The molecule has 3 rings (SSSR count). The quantitative estimate of drug-likeness (QED) is 0.806. The summed E-state index contributed by atoms with van der Waals surface area (Å²) < 4.78 is 2.18. The Labute approximate surface area is 126 Å². The van der Waals surface area contributed by atoms with Gasteiger partial charge in [0, 0.05) is 39.0 Å². The smallest absolute Gasteiger partial charge is 0.220 e. The second kappa shape index (κ2) is 4.79. The number of rotatable bonds is 1. The zero-order valence-electron chi connectivity index (χ0n) is 13.3. The fourth-order valence-corrected chi connectivity index (χ4v) is 3.47. The number of pyridine rings is 1. The highest BCUT2D eigenvalue weighted by Gasteiger charge is 2.35. The van der Waals surface area contributed by atoms with Crippen molar-refractivity contribution in [3.05, 3.63) is 36.2 Å². The molecule has 1 fully saturated rings. The topological polar surface area (TPSA) is 28.0 Å². The van der Waals surface area contributed by atoms with E-state index in [0.717, 1.165) is 19.6 Å². The summed E-state index contributed by atoms with van der Waals surface area (Å²) >= 11 is 0. The first-order valence-electron chi connectivity index (χ1n) is 7.49. The fourth-order valence-electron chi connectivity index (χ4n) is 3.47. The van der Waals surface area contributed by atoms with E-state index in [2.05, 4.69) is 60.7 Å². The van der Waals surface area contributed by atoms with Crippen LogP contribution < -0.4 is 4.90 Å². The molecule has 112 valence electrons. The van der Waals surface area contributed by atoms with Crippen LogP contribution in [0, 0.1) is 6.92 Å². The maximum Gasteiger partial charge on any atom is 0.220 e. The molecule has 1 aliphatic rings. The first-order valence-corrected chi connectivity index (χ1v) is 7.49. The molecule has 0 radical (unpaired) electrons. The minimum atomic E-state index is -0.141. The lowest BCUT2D eigenvalue weighted by atomic mass is 9.98. The van der Waals surface area contributed by atoms with Gasteiger partial charge in [0.1, 0.15) is 0 Å². The van der Waals surface area contributed by atoms with Crippen LogP contribution in [0.2, 0.25) is 0 Å². The van der Waals surface area contributed by atoms with Gasteiger partial charge in [-0.25, -0.2) is 0 Å². The van der Waals surface area contributed by atoms with Crippen LogP contribution in [0.3, 0.4) is 0 Å². The van der Waals surface area contributed by atoms with Crippen LogP contribution in [-0.4, -0.2) is 40.4 Å². The predicted molar refractivity (Wildman–Crippen MR) is 85.8 cm³/mol. The number of aryl methyl sites for hydroxylation is 1. The molecular formula is C17H23N3O. The third-order valence-corrected chi connectivity index (χ3v) is 4.37. The molecule has 0 aliphatic carbocycles. The van der Waals surface area contributed by atoms with Crippen molar-refractivity contribution in [1.29, 1.82) is 0 Å². The molecule has 2 aromatic rings. The molecule has 3 heterocycles. The summed E-state index contributed by atoms with van der Waals surface area (Å²) in [7, 11) is 0. The van der Waals surface area contributed by atoms with E-state index < -0.39 is 0 Å². The van der Waals surface area contributed by atoms with Crippen molar-refractivity contribution in [2.75, 3.05) is 24.5 Å². The number of nitrogens with zero attached hydrogens (tertiary/aromatic N) is 3. The van der Waals surface area contributed by atoms with Gasteiger partial charge in [0.25, 0.3) is 0 Å². The van der Waals surface area contributed by atoms with Gasteiger partial charge >= 0.3 is 0 Å². The number of hydrogen-bond acceptors (Lipinski definition) is 2. The first-order chi connectivity index (χ1) is 9.88. The second-order valence-corrected chi connectivity index (χ2v) is 6.61. The van der Waals surface area contributed by atoms with E-state index in [1.807, 2.05) is 4.90 Å². The van der Waals surface area contributed by atoms with Crippen molar-refractivity contribution in [2.45, 2.75) is 33.2 Å². The molecule has 0 atom stereocenters. The standard InChI is InChI=1S/C17H23N3O/c1-13-10-16(15-6-5-7-18(15)11-13)19-8-9-20(14(2)21)17(3,4)12-19/h5-7,10-11H,8-9,12H2,1-4H3. The third kappa shape index (κ3) is 2.39. The SMILES string of the molecule is CC(=O)N1CCN(c2cc(C)cn3cccc23)CC1(C)C. The van der Waals surface area contributed by atoms with Gasteiger partial charge in [-0.2, -0.15) is 0 Å². The highest BCUT2D eigenvalue weighted by atomic mass is 16.2. The number of anilines is 1. The average Bonchev–Trinajstić information content (AvgIpc) is 2.83.